The van der Waals surface area contributed by atoms with Gasteiger partial charge in [-0.1, -0.05) is 18.2 Å². The first-order chi connectivity index (χ1) is 16.1. The number of benzene rings is 1. The number of urea groups is 1. The zero-order chi connectivity index (χ0) is 22.8. The van der Waals surface area contributed by atoms with Gasteiger partial charge in [-0.25, -0.2) is 14.8 Å². The van der Waals surface area contributed by atoms with Gasteiger partial charge < -0.3 is 19.7 Å². The maximum Gasteiger partial charge on any atom is 0.322 e. The summed E-state index contributed by atoms with van der Waals surface area (Å²) in [5.41, 5.74) is 2.35. The SMILES string of the molecule is Cc1ncccc1Oc1ncnc(OC2CC3CCC(C2)N3C(=O)Nc2ccccc2)c1C. The molecule has 1 N–H and O–H groups in total. The normalized spacial score (nSPS) is 21.5. The molecule has 0 aliphatic carbocycles. The highest BCUT2D eigenvalue weighted by atomic mass is 16.5. The van der Waals surface area contributed by atoms with Gasteiger partial charge in [-0.2, -0.15) is 0 Å². The van der Waals surface area contributed by atoms with Crippen LogP contribution in [0.4, 0.5) is 10.5 Å². The Kier molecular flexibility index (Phi) is 5.81. The van der Waals surface area contributed by atoms with Crippen molar-refractivity contribution in [3.05, 3.63) is 66.2 Å². The molecule has 0 spiro atoms. The van der Waals surface area contributed by atoms with Crippen molar-refractivity contribution in [1.29, 1.82) is 0 Å². The second-order valence-corrected chi connectivity index (χ2v) is 8.60. The summed E-state index contributed by atoms with van der Waals surface area (Å²) >= 11 is 0. The molecule has 1 aromatic carbocycles. The summed E-state index contributed by atoms with van der Waals surface area (Å²) in [6.07, 6.45) is 6.71. The molecule has 2 aromatic heterocycles. The van der Waals surface area contributed by atoms with Crippen molar-refractivity contribution in [1.82, 2.24) is 19.9 Å². The topological polar surface area (TPSA) is 89.5 Å². The van der Waals surface area contributed by atoms with Crippen LogP contribution in [-0.4, -0.2) is 44.1 Å². The molecule has 2 aliphatic rings. The number of nitrogens with zero attached hydrogens (tertiary/aromatic N) is 4. The minimum absolute atomic E-state index is 0.00940. The lowest BCUT2D eigenvalue weighted by Gasteiger charge is -2.38. The predicted octanol–water partition coefficient (Wildman–Crippen LogP) is 4.89. The molecule has 4 heterocycles. The third-order valence-corrected chi connectivity index (χ3v) is 6.38. The molecule has 0 saturated carbocycles. The van der Waals surface area contributed by atoms with Crippen molar-refractivity contribution in [2.24, 2.45) is 0 Å². The highest BCUT2D eigenvalue weighted by molar-refractivity contribution is 5.90. The Hall–Kier alpha value is -3.68. The summed E-state index contributed by atoms with van der Waals surface area (Å²) in [5, 5.41) is 3.03. The first-order valence-electron chi connectivity index (χ1n) is 11.3. The zero-order valence-corrected chi connectivity index (χ0v) is 18.8. The standard InChI is InChI=1S/C25H27N5O3/c1-16-23(27-15-28-24(16)33-22-9-6-12-26-17(22)2)32-21-13-19-10-11-20(14-21)30(19)25(31)29-18-7-4-3-5-8-18/h3-9,12,15,19-21H,10-11,13-14H2,1-2H3,(H,29,31). The molecule has 3 aromatic rings. The molecular formula is C25H27N5O3. The number of carbonyl (C=O) groups is 1. The molecule has 2 saturated heterocycles. The summed E-state index contributed by atoms with van der Waals surface area (Å²) in [5.74, 6) is 1.63. The molecule has 2 fully saturated rings. The smallest absolute Gasteiger partial charge is 0.322 e. The van der Waals surface area contributed by atoms with Crippen LogP contribution < -0.4 is 14.8 Å². The number of anilines is 1. The maximum atomic E-state index is 12.9. The van der Waals surface area contributed by atoms with Crippen molar-refractivity contribution in [3.8, 4) is 17.5 Å². The van der Waals surface area contributed by atoms with E-state index in [9.17, 15) is 4.79 Å². The van der Waals surface area contributed by atoms with Gasteiger partial charge in [0.15, 0.2) is 5.75 Å². The van der Waals surface area contributed by atoms with Gasteiger partial charge in [0.05, 0.1) is 11.3 Å². The molecular weight excluding hydrogens is 418 g/mol. The first kappa shape index (κ1) is 21.2. The lowest BCUT2D eigenvalue weighted by atomic mass is 10.00. The van der Waals surface area contributed by atoms with Crippen LogP contribution in [-0.2, 0) is 0 Å². The summed E-state index contributed by atoms with van der Waals surface area (Å²) in [6, 6.07) is 13.6. The average molecular weight is 446 g/mol. The molecule has 2 aliphatic heterocycles. The molecule has 33 heavy (non-hydrogen) atoms. The van der Waals surface area contributed by atoms with E-state index in [4.69, 9.17) is 9.47 Å². The molecule has 2 bridgehead atoms. The van der Waals surface area contributed by atoms with E-state index in [1.165, 1.54) is 6.33 Å². The number of pyridine rings is 1. The van der Waals surface area contributed by atoms with Gasteiger partial charge >= 0.3 is 6.03 Å². The number of ether oxygens (including phenoxy) is 2. The lowest BCUT2D eigenvalue weighted by Crippen LogP contribution is -2.50. The van der Waals surface area contributed by atoms with Crippen molar-refractivity contribution < 1.29 is 14.3 Å². The fraction of sp³-hybridized carbons (Fsp3) is 0.360. The fourth-order valence-corrected chi connectivity index (χ4v) is 4.74. The van der Waals surface area contributed by atoms with Gasteiger partial charge in [-0.05, 0) is 51.0 Å². The number of rotatable bonds is 5. The monoisotopic (exact) mass is 445 g/mol. The average Bonchev–Trinajstić information content (AvgIpc) is 3.09. The zero-order valence-electron chi connectivity index (χ0n) is 18.8. The van der Waals surface area contributed by atoms with Crippen LogP contribution in [0.25, 0.3) is 0 Å². The lowest BCUT2D eigenvalue weighted by molar-refractivity contribution is 0.0696. The van der Waals surface area contributed by atoms with Crippen LogP contribution in [0.15, 0.2) is 55.0 Å². The Morgan fingerprint density at radius 2 is 1.70 bits per heavy atom. The van der Waals surface area contributed by atoms with E-state index in [-0.39, 0.29) is 24.2 Å². The van der Waals surface area contributed by atoms with E-state index in [0.717, 1.165) is 42.6 Å². The van der Waals surface area contributed by atoms with Crippen molar-refractivity contribution >= 4 is 11.7 Å². The van der Waals surface area contributed by atoms with E-state index in [1.54, 1.807) is 6.20 Å². The minimum Gasteiger partial charge on any atom is -0.474 e. The van der Waals surface area contributed by atoms with Gasteiger partial charge in [0.1, 0.15) is 12.4 Å². The molecule has 2 unspecified atom stereocenters. The van der Waals surface area contributed by atoms with Crippen LogP contribution in [0, 0.1) is 13.8 Å². The van der Waals surface area contributed by atoms with E-state index >= 15 is 0 Å². The number of aromatic nitrogens is 3. The van der Waals surface area contributed by atoms with Crippen LogP contribution >= 0.6 is 0 Å². The summed E-state index contributed by atoms with van der Waals surface area (Å²) in [6.45, 7) is 3.79. The highest BCUT2D eigenvalue weighted by Crippen LogP contribution is 2.38. The number of nitrogens with one attached hydrogen (secondary N) is 1. The van der Waals surface area contributed by atoms with Crippen LogP contribution in [0.3, 0.4) is 0 Å². The van der Waals surface area contributed by atoms with Crippen LogP contribution in [0.2, 0.25) is 0 Å². The van der Waals surface area contributed by atoms with E-state index in [2.05, 4.69) is 20.3 Å². The molecule has 2 atom stereocenters. The van der Waals surface area contributed by atoms with Gasteiger partial charge in [0, 0.05) is 36.8 Å². The number of aryl methyl sites for hydroxylation is 1. The maximum absolute atomic E-state index is 12.9. The van der Waals surface area contributed by atoms with Gasteiger partial charge in [-0.15, -0.1) is 0 Å². The fourth-order valence-electron chi connectivity index (χ4n) is 4.74. The van der Waals surface area contributed by atoms with Gasteiger partial charge in [0.25, 0.3) is 0 Å². The number of carbonyl (C=O) groups excluding carboxylic acids is 1. The van der Waals surface area contributed by atoms with E-state index < -0.39 is 0 Å². The third kappa shape index (κ3) is 4.46. The molecule has 170 valence electrons. The summed E-state index contributed by atoms with van der Waals surface area (Å²) < 4.78 is 12.3. The minimum atomic E-state index is -0.0344. The van der Waals surface area contributed by atoms with E-state index in [1.807, 2.05) is 61.2 Å². The molecule has 8 nitrogen and oxygen atoms in total. The Labute approximate surface area is 193 Å². The Morgan fingerprint density at radius 1 is 0.970 bits per heavy atom. The second kappa shape index (κ2) is 9.05. The number of hydrogen-bond donors (Lipinski definition) is 1. The Morgan fingerprint density at radius 3 is 2.42 bits per heavy atom. The van der Waals surface area contributed by atoms with Crippen LogP contribution in [0.1, 0.15) is 36.9 Å². The van der Waals surface area contributed by atoms with Gasteiger partial charge in [0.2, 0.25) is 11.8 Å². The highest BCUT2D eigenvalue weighted by Gasteiger charge is 2.44. The number of para-hydroxylation sites is 1. The summed E-state index contributed by atoms with van der Waals surface area (Å²) in [7, 11) is 0. The number of amides is 2. The second-order valence-electron chi connectivity index (χ2n) is 8.60. The van der Waals surface area contributed by atoms with Crippen molar-refractivity contribution in [3.63, 3.8) is 0 Å². The molecule has 0 radical (unpaired) electrons. The number of hydrogen-bond acceptors (Lipinski definition) is 6. The largest absolute Gasteiger partial charge is 0.474 e. The number of fused-ring (bicyclic) bond motifs is 2. The van der Waals surface area contributed by atoms with E-state index in [0.29, 0.717) is 17.5 Å². The first-order valence-corrected chi connectivity index (χ1v) is 11.3. The molecule has 2 amide bonds. The van der Waals surface area contributed by atoms with Gasteiger partial charge in [-0.3, -0.25) is 4.98 Å². The van der Waals surface area contributed by atoms with Crippen molar-refractivity contribution in [2.45, 2.75) is 57.7 Å². The van der Waals surface area contributed by atoms with Crippen LogP contribution in [0.5, 0.6) is 17.5 Å². The predicted molar refractivity (Wildman–Crippen MR) is 124 cm³/mol. The molecule has 8 heteroatoms. The third-order valence-electron chi connectivity index (χ3n) is 6.38. The molecule has 5 rings (SSSR count). The Balaban J connectivity index is 1.25. The quantitative estimate of drug-likeness (QED) is 0.602. The van der Waals surface area contributed by atoms with Crippen molar-refractivity contribution in [2.75, 3.05) is 5.32 Å². The Bertz CT molecular complexity index is 1130. The summed E-state index contributed by atoms with van der Waals surface area (Å²) in [4.78, 5) is 27.8. The number of piperidine rings is 1.